The topological polar surface area (TPSA) is 21.3 Å². The molecule has 1 aliphatic rings. The zero-order valence-corrected chi connectivity index (χ0v) is 11.6. The van der Waals surface area contributed by atoms with Gasteiger partial charge in [-0.2, -0.15) is 0 Å². The highest BCUT2D eigenvalue weighted by Crippen LogP contribution is 2.40. The third-order valence-electron chi connectivity index (χ3n) is 3.06. The zero-order chi connectivity index (χ0) is 14.3. The molecule has 0 amide bonds. The molecule has 0 saturated heterocycles. The lowest BCUT2D eigenvalue weighted by atomic mass is 10.1. The summed E-state index contributed by atoms with van der Waals surface area (Å²) in [6, 6.07) is 6.88. The Morgan fingerprint density at radius 3 is 2.65 bits per heavy atom. The van der Waals surface area contributed by atoms with Crippen LogP contribution in [-0.4, -0.2) is 6.54 Å². The van der Waals surface area contributed by atoms with E-state index in [1.165, 1.54) is 24.3 Å². The molecule has 1 aliphatic heterocycles. The Hall–Kier alpha value is -1.52. The normalized spacial score (nSPS) is 17.1. The molecule has 104 valence electrons. The average molecular weight is 316 g/mol. The minimum atomic E-state index is -0.486. The molecule has 0 spiro atoms. The molecule has 0 saturated carbocycles. The Kier molecular flexibility index (Phi) is 3.44. The summed E-state index contributed by atoms with van der Waals surface area (Å²) in [5.41, 5.74) is 1.22. The van der Waals surface area contributed by atoms with Gasteiger partial charge in [0.25, 0.3) is 0 Å². The molecular weight excluding hydrogens is 307 g/mol. The molecular formula is C14H9Cl2F2NO. The lowest BCUT2D eigenvalue weighted by molar-refractivity contribution is 0.210. The smallest absolute Gasteiger partial charge is 0.162 e. The maximum Gasteiger partial charge on any atom is 0.162 e. The number of hydrogen-bond donors (Lipinski definition) is 1. The molecule has 6 heteroatoms. The molecule has 2 nitrogen and oxygen atoms in total. The average Bonchev–Trinajstić information content (AvgIpc) is 2.41. The number of ether oxygens (including phenoxy) is 1. The van der Waals surface area contributed by atoms with Crippen LogP contribution in [0.5, 0.6) is 5.75 Å². The van der Waals surface area contributed by atoms with Crippen molar-refractivity contribution in [3.63, 3.8) is 0 Å². The predicted molar refractivity (Wildman–Crippen MR) is 74.7 cm³/mol. The fourth-order valence-corrected chi connectivity index (χ4v) is 2.54. The van der Waals surface area contributed by atoms with Crippen LogP contribution in [0.4, 0.5) is 14.5 Å². The van der Waals surface area contributed by atoms with Crippen molar-refractivity contribution in [1.82, 2.24) is 0 Å². The van der Waals surface area contributed by atoms with Crippen molar-refractivity contribution in [3.8, 4) is 5.75 Å². The van der Waals surface area contributed by atoms with Crippen LogP contribution in [0.25, 0.3) is 0 Å². The van der Waals surface area contributed by atoms with Gasteiger partial charge >= 0.3 is 0 Å². The summed E-state index contributed by atoms with van der Waals surface area (Å²) in [5.74, 6) is -0.544. The standard InChI is InChI=1S/C14H9Cl2F2NO/c15-9-3-7(1-2-11(9)18)13-6-19-12-5-8(17)4-10(16)14(12)20-13/h1-5,13,19H,6H2. The van der Waals surface area contributed by atoms with Crippen molar-refractivity contribution >= 4 is 28.9 Å². The van der Waals surface area contributed by atoms with Gasteiger partial charge in [-0.15, -0.1) is 0 Å². The maximum atomic E-state index is 13.2. The number of rotatable bonds is 1. The SMILES string of the molecule is Fc1cc(Cl)c2c(c1)NCC(c1ccc(F)c(Cl)c1)O2. The van der Waals surface area contributed by atoms with Gasteiger partial charge in [0.15, 0.2) is 5.75 Å². The highest BCUT2D eigenvalue weighted by molar-refractivity contribution is 6.32. The molecule has 1 heterocycles. The Balaban J connectivity index is 1.93. The van der Waals surface area contributed by atoms with Gasteiger partial charge in [0, 0.05) is 6.07 Å². The van der Waals surface area contributed by atoms with Crippen LogP contribution in [-0.2, 0) is 0 Å². The monoisotopic (exact) mass is 315 g/mol. The van der Waals surface area contributed by atoms with E-state index in [4.69, 9.17) is 27.9 Å². The Bertz CT molecular complexity index is 678. The quantitative estimate of drug-likeness (QED) is 0.814. The highest BCUT2D eigenvalue weighted by Gasteiger charge is 2.24. The van der Waals surface area contributed by atoms with Gasteiger partial charge in [-0.25, -0.2) is 8.78 Å². The van der Waals surface area contributed by atoms with Gasteiger partial charge in [0.1, 0.15) is 17.7 Å². The van der Waals surface area contributed by atoms with Gasteiger partial charge in [-0.05, 0) is 23.8 Å². The number of halogens is 4. The number of anilines is 1. The van der Waals surface area contributed by atoms with E-state index in [0.717, 1.165) is 5.56 Å². The van der Waals surface area contributed by atoms with Gasteiger partial charge in [0.05, 0.1) is 22.3 Å². The summed E-state index contributed by atoms with van der Waals surface area (Å²) in [4.78, 5) is 0. The second kappa shape index (κ2) is 5.11. The Morgan fingerprint density at radius 2 is 1.90 bits per heavy atom. The number of hydrogen-bond acceptors (Lipinski definition) is 2. The fourth-order valence-electron chi connectivity index (χ4n) is 2.10. The Morgan fingerprint density at radius 1 is 1.10 bits per heavy atom. The fraction of sp³-hybridized carbons (Fsp3) is 0.143. The lowest BCUT2D eigenvalue weighted by Gasteiger charge is -2.28. The van der Waals surface area contributed by atoms with Crippen molar-refractivity contribution in [1.29, 1.82) is 0 Å². The largest absolute Gasteiger partial charge is 0.480 e. The van der Waals surface area contributed by atoms with E-state index in [2.05, 4.69) is 5.32 Å². The van der Waals surface area contributed by atoms with E-state index in [9.17, 15) is 8.78 Å². The van der Waals surface area contributed by atoms with E-state index in [0.29, 0.717) is 18.0 Å². The molecule has 20 heavy (non-hydrogen) atoms. The molecule has 0 aliphatic carbocycles. The van der Waals surface area contributed by atoms with Gasteiger partial charge in [-0.1, -0.05) is 29.3 Å². The van der Waals surface area contributed by atoms with Gasteiger partial charge in [0.2, 0.25) is 0 Å². The number of benzene rings is 2. The summed E-state index contributed by atoms with van der Waals surface area (Å²) < 4.78 is 32.2. The summed E-state index contributed by atoms with van der Waals surface area (Å²) in [6.45, 7) is 0.411. The second-order valence-electron chi connectivity index (χ2n) is 4.43. The summed E-state index contributed by atoms with van der Waals surface area (Å²) in [5, 5.41) is 3.26. The van der Waals surface area contributed by atoms with Crippen LogP contribution >= 0.6 is 23.2 Å². The van der Waals surface area contributed by atoms with Crippen LogP contribution in [0.15, 0.2) is 30.3 Å². The molecule has 1 unspecified atom stereocenters. The van der Waals surface area contributed by atoms with Crippen molar-refractivity contribution in [3.05, 3.63) is 57.6 Å². The Labute approximate surface area is 124 Å². The third-order valence-corrected chi connectivity index (χ3v) is 3.63. The van der Waals surface area contributed by atoms with Crippen LogP contribution in [0, 0.1) is 11.6 Å². The predicted octanol–water partition coefficient (Wildman–Crippen LogP) is 4.82. The molecule has 0 aromatic heterocycles. The highest BCUT2D eigenvalue weighted by atomic mass is 35.5. The molecule has 0 bridgehead atoms. The van der Waals surface area contributed by atoms with Crippen molar-refractivity contribution < 1.29 is 13.5 Å². The summed E-state index contributed by atoms with van der Waals surface area (Å²) >= 11 is 11.7. The second-order valence-corrected chi connectivity index (χ2v) is 5.24. The van der Waals surface area contributed by atoms with Crippen molar-refractivity contribution in [2.24, 2.45) is 0 Å². The molecule has 1 N–H and O–H groups in total. The van der Waals surface area contributed by atoms with Crippen LogP contribution in [0.1, 0.15) is 11.7 Å². The first kappa shape index (κ1) is 13.5. The zero-order valence-electron chi connectivity index (χ0n) is 10.1. The summed E-state index contributed by atoms with van der Waals surface area (Å²) in [6.07, 6.45) is -0.372. The van der Waals surface area contributed by atoms with E-state index in [1.807, 2.05) is 0 Å². The van der Waals surface area contributed by atoms with Gasteiger partial charge < -0.3 is 10.1 Å². The van der Waals surface area contributed by atoms with E-state index < -0.39 is 11.6 Å². The van der Waals surface area contributed by atoms with Crippen LogP contribution < -0.4 is 10.1 Å². The van der Waals surface area contributed by atoms with Crippen LogP contribution in [0.3, 0.4) is 0 Å². The molecule has 3 rings (SSSR count). The lowest BCUT2D eigenvalue weighted by Crippen LogP contribution is -2.24. The van der Waals surface area contributed by atoms with E-state index >= 15 is 0 Å². The molecule has 1 atom stereocenters. The minimum Gasteiger partial charge on any atom is -0.480 e. The van der Waals surface area contributed by atoms with Gasteiger partial charge in [-0.3, -0.25) is 0 Å². The van der Waals surface area contributed by atoms with E-state index in [-0.39, 0.29) is 16.1 Å². The third kappa shape index (κ3) is 2.41. The number of nitrogens with one attached hydrogen (secondary N) is 1. The van der Waals surface area contributed by atoms with Crippen molar-refractivity contribution in [2.45, 2.75) is 6.10 Å². The molecule has 2 aromatic carbocycles. The number of fused-ring (bicyclic) bond motifs is 1. The minimum absolute atomic E-state index is 0.0297. The summed E-state index contributed by atoms with van der Waals surface area (Å²) in [7, 11) is 0. The molecule has 2 aromatic rings. The van der Waals surface area contributed by atoms with Crippen LogP contribution in [0.2, 0.25) is 10.0 Å². The first-order valence-electron chi connectivity index (χ1n) is 5.89. The van der Waals surface area contributed by atoms with Crippen molar-refractivity contribution in [2.75, 3.05) is 11.9 Å². The molecule has 0 radical (unpaired) electrons. The first-order valence-corrected chi connectivity index (χ1v) is 6.64. The molecule has 0 fully saturated rings. The maximum absolute atomic E-state index is 13.2. The van der Waals surface area contributed by atoms with E-state index in [1.54, 1.807) is 6.07 Å². The first-order chi connectivity index (χ1) is 9.54.